The summed E-state index contributed by atoms with van der Waals surface area (Å²) >= 11 is 0. The highest BCUT2D eigenvalue weighted by Gasteiger charge is 2.22. The van der Waals surface area contributed by atoms with Crippen LogP contribution < -0.4 is 25.4 Å². The molecule has 2 heterocycles. The van der Waals surface area contributed by atoms with Crippen LogP contribution in [0.3, 0.4) is 0 Å². The number of ether oxygens (including phenoxy) is 3. The molecule has 3 rings (SSSR count). The molecule has 2 aromatic rings. The number of methoxy groups -OCH3 is 2. The molecule has 0 aliphatic carbocycles. The van der Waals surface area contributed by atoms with Crippen LogP contribution in [0, 0.1) is 0 Å². The molecule has 1 amide bonds. The van der Waals surface area contributed by atoms with Gasteiger partial charge in [0.25, 0.3) is 0 Å². The molecular weight excluding hydrogens is 362 g/mol. The highest BCUT2D eigenvalue weighted by atomic mass is 16.5. The average molecular weight is 396 g/mol. The number of carbonyl (C=O) groups excluding carboxylic acids is 1. The zero-order chi connectivity index (χ0) is 26.0. The Morgan fingerprint density at radius 1 is 1.50 bits per heavy atom. The van der Waals surface area contributed by atoms with Crippen molar-refractivity contribution in [2.45, 2.75) is 25.3 Å². The predicted molar refractivity (Wildman–Crippen MR) is 107 cm³/mol. The maximum atomic E-state index is 12.4. The second-order valence-corrected chi connectivity index (χ2v) is 6.14. The van der Waals surface area contributed by atoms with E-state index in [9.17, 15) is 4.79 Å². The fraction of sp³-hybridized carbons (Fsp3) is 0.526. The molecule has 1 unspecified atom stereocenters. The van der Waals surface area contributed by atoms with E-state index in [1.54, 1.807) is 0 Å². The average Bonchev–Trinajstić information content (AvgIpc) is 3.26. The molecule has 0 saturated carbocycles. The normalized spacial score (nSPS) is 22.7. The Labute approximate surface area is 174 Å². The van der Waals surface area contributed by atoms with Gasteiger partial charge in [0, 0.05) is 42.2 Å². The molecule has 1 fully saturated rings. The lowest BCUT2D eigenvalue weighted by molar-refractivity contribution is -0.130. The summed E-state index contributed by atoms with van der Waals surface area (Å²) in [6.07, 6.45) is -0.982. The van der Waals surface area contributed by atoms with Crippen molar-refractivity contribution in [2.24, 2.45) is 0 Å². The molecule has 1 saturated heterocycles. The second-order valence-electron chi connectivity index (χ2n) is 6.14. The predicted octanol–water partition coefficient (Wildman–Crippen LogP) is 1.35. The van der Waals surface area contributed by atoms with Crippen LogP contribution >= 0.6 is 0 Å². The number of hydrogen-bond acceptors (Lipinski definition) is 8. The Bertz CT molecular complexity index is 1070. The van der Waals surface area contributed by atoms with E-state index < -0.39 is 19.0 Å². The molecule has 9 heteroatoms. The quantitative estimate of drug-likeness (QED) is 0.653. The number of nitrogens with two attached hydrogens (primary N) is 1. The highest BCUT2D eigenvalue weighted by Crippen LogP contribution is 2.33. The SMILES string of the molecule is [2H]N(CCCN(c1nc(N([2H])[2H])c2cc(OC)c(OC)cc2n1)C([2H])([2H])[2H])C(=O)C1([2H])CCCO1. The fourth-order valence-electron chi connectivity index (χ4n) is 2.81. The standard InChI is InChI=1S/C19H27N5O4/c1-24(8-5-7-21-18(25)14-6-4-9-28-14)19-22-13-11-16(27-3)15(26-2)10-12(13)17(20)23-19/h10-11,14H,4-9H2,1-3H3,(H,21,25)(H2,20,22,23)/i1D3,14D/hD3. The Morgan fingerprint density at radius 2 is 2.32 bits per heavy atom. The third kappa shape index (κ3) is 4.36. The Hall–Kier alpha value is -2.81. The zero-order valence-electron chi connectivity index (χ0n) is 22.8. The first kappa shape index (κ1) is 12.6. The fourth-order valence-corrected chi connectivity index (χ4v) is 2.81. The van der Waals surface area contributed by atoms with Gasteiger partial charge in [-0.25, -0.2) is 4.98 Å². The van der Waals surface area contributed by atoms with Gasteiger partial charge in [-0.2, -0.15) is 4.98 Å². The summed E-state index contributed by atoms with van der Waals surface area (Å²) < 4.78 is 71.0. The number of nitrogens with zero attached hydrogens (tertiary/aromatic N) is 3. The van der Waals surface area contributed by atoms with Gasteiger partial charge >= 0.3 is 0 Å². The van der Waals surface area contributed by atoms with Crippen LogP contribution in [0.25, 0.3) is 10.9 Å². The maximum Gasteiger partial charge on any atom is 0.249 e. The minimum absolute atomic E-state index is 0.0534. The summed E-state index contributed by atoms with van der Waals surface area (Å²) in [5.74, 6) is -0.597. The number of carbonyl (C=O) groups is 1. The summed E-state index contributed by atoms with van der Waals surface area (Å²) in [5.41, 5.74) is 0.476. The number of benzene rings is 1. The Kier molecular flexibility index (Phi) is 4.02. The van der Waals surface area contributed by atoms with Gasteiger partial charge < -0.3 is 30.1 Å². The van der Waals surface area contributed by atoms with Gasteiger partial charge in [0.05, 0.1) is 21.1 Å². The molecule has 1 aromatic carbocycles. The van der Waals surface area contributed by atoms with Crippen molar-refractivity contribution >= 4 is 28.6 Å². The van der Waals surface area contributed by atoms with Gasteiger partial charge in [-0.1, -0.05) is 0 Å². The van der Waals surface area contributed by atoms with Crippen molar-refractivity contribution in [3.8, 4) is 11.5 Å². The molecule has 1 aliphatic heterocycles. The van der Waals surface area contributed by atoms with Gasteiger partial charge in [0.1, 0.15) is 11.9 Å². The van der Waals surface area contributed by atoms with E-state index in [0.29, 0.717) is 23.2 Å². The second kappa shape index (κ2) is 8.92. The maximum absolute atomic E-state index is 12.4. The molecule has 1 aromatic heterocycles. The van der Waals surface area contributed by atoms with Crippen LogP contribution in [0.15, 0.2) is 12.1 Å². The number of nitrogens with one attached hydrogen (secondary N) is 1. The van der Waals surface area contributed by atoms with Crippen LogP contribution in [0.2, 0.25) is 4.24 Å². The van der Waals surface area contributed by atoms with Gasteiger partial charge in [-0.05, 0) is 25.3 Å². The lowest BCUT2D eigenvalue weighted by Gasteiger charge is -2.19. The molecule has 0 radical (unpaired) electrons. The first-order valence-electron chi connectivity index (χ1n) is 12.2. The number of hydrogen-bond donors (Lipinski definition) is 2. The van der Waals surface area contributed by atoms with Gasteiger partial charge in [-0.15, -0.1) is 0 Å². The van der Waals surface area contributed by atoms with Crippen LogP contribution in [0.4, 0.5) is 11.8 Å². The van der Waals surface area contributed by atoms with Crippen molar-refractivity contribution in [1.29, 1.82) is 0 Å². The summed E-state index contributed by atoms with van der Waals surface area (Å²) in [7, 11) is 2.85. The van der Waals surface area contributed by atoms with Crippen molar-refractivity contribution in [3.63, 3.8) is 0 Å². The number of aromatic nitrogens is 2. The number of nitrogen functional groups attached to an aromatic ring is 1. The van der Waals surface area contributed by atoms with E-state index >= 15 is 0 Å². The largest absolute Gasteiger partial charge is 0.493 e. The van der Waals surface area contributed by atoms with E-state index in [4.69, 9.17) is 23.9 Å². The third-order valence-electron chi connectivity index (χ3n) is 4.27. The van der Waals surface area contributed by atoms with E-state index in [0.717, 1.165) is 4.90 Å². The number of anilines is 2. The minimum atomic E-state index is -2.70. The molecule has 28 heavy (non-hydrogen) atoms. The summed E-state index contributed by atoms with van der Waals surface area (Å²) in [6.45, 7) is -2.74. The van der Waals surface area contributed by atoms with E-state index in [1.807, 2.05) is 0 Å². The molecule has 9 nitrogen and oxygen atoms in total. The summed E-state index contributed by atoms with van der Waals surface area (Å²) in [4.78, 5) is 21.8. The van der Waals surface area contributed by atoms with E-state index in [-0.39, 0.29) is 60.9 Å². The number of fused-ring (bicyclic) bond motifs is 1. The van der Waals surface area contributed by atoms with Gasteiger partial charge in [-0.3, -0.25) is 4.79 Å². The van der Waals surface area contributed by atoms with Crippen molar-refractivity contribution in [2.75, 3.05) is 51.5 Å². The van der Waals surface area contributed by atoms with Crippen molar-refractivity contribution < 1.29 is 28.7 Å². The Balaban J connectivity index is 1.88. The van der Waals surface area contributed by atoms with Crippen LogP contribution in [-0.4, -0.2) is 62.8 Å². The monoisotopic (exact) mass is 396 g/mol. The topological polar surface area (TPSA) is 112 Å². The van der Waals surface area contributed by atoms with Crippen LogP contribution in [-0.2, 0) is 9.53 Å². The first-order chi connectivity index (χ1) is 16.4. The van der Waals surface area contributed by atoms with Crippen LogP contribution in [0.1, 0.15) is 24.7 Å². The minimum Gasteiger partial charge on any atom is -0.493 e. The van der Waals surface area contributed by atoms with Crippen molar-refractivity contribution in [3.05, 3.63) is 12.1 Å². The molecular formula is C19H27N5O4. The molecule has 0 spiro atoms. The molecule has 0 bridgehead atoms. The molecule has 152 valence electrons. The number of rotatable bonds is 9. The lowest BCUT2D eigenvalue weighted by atomic mass is 10.2. The summed E-state index contributed by atoms with van der Waals surface area (Å²) in [5, 5.41) is 0.886. The molecule has 3 N–H and O–H groups in total. The van der Waals surface area contributed by atoms with Crippen molar-refractivity contribution in [1.82, 2.24) is 15.3 Å². The van der Waals surface area contributed by atoms with Gasteiger partial charge in [0.2, 0.25) is 11.9 Å². The Morgan fingerprint density at radius 3 is 3.00 bits per heavy atom. The third-order valence-corrected chi connectivity index (χ3v) is 4.27. The highest BCUT2D eigenvalue weighted by molar-refractivity contribution is 5.91. The van der Waals surface area contributed by atoms with E-state index in [2.05, 4.69) is 9.97 Å². The lowest BCUT2D eigenvalue weighted by Crippen LogP contribution is -2.36. The first-order valence-corrected chi connectivity index (χ1v) is 8.85. The van der Waals surface area contributed by atoms with E-state index in [1.165, 1.54) is 26.4 Å². The smallest absolute Gasteiger partial charge is 0.249 e. The molecule has 1 atom stereocenters. The van der Waals surface area contributed by atoms with Gasteiger partial charge in [0.15, 0.2) is 15.7 Å². The number of amides is 1. The molecule has 1 aliphatic rings. The van der Waals surface area contributed by atoms with Crippen LogP contribution in [0.5, 0.6) is 11.5 Å². The zero-order valence-corrected chi connectivity index (χ0v) is 15.8. The summed E-state index contributed by atoms with van der Waals surface area (Å²) in [6, 6.07) is 2.98.